The van der Waals surface area contributed by atoms with Crippen LogP contribution in [0.5, 0.6) is 0 Å². The number of hydrogen-bond acceptors (Lipinski definition) is 6. The van der Waals surface area contributed by atoms with Gasteiger partial charge in [0.15, 0.2) is 5.17 Å². The Balaban J connectivity index is 1.54. The fourth-order valence-electron chi connectivity index (χ4n) is 3.41. The Kier molecular flexibility index (Phi) is 7.84. The number of carbonyl (C=O) groups excluding carboxylic acids is 3. The quantitative estimate of drug-likeness (QED) is 0.458. The molecule has 1 fully saturated rings. The van der Waals surface area contributed by atoms with E-state index in [0.717, 1.165) is 5.56 Å². The van der Waals surface area contributed by atoms with E-state index in [1.807, 2.05) is 42.5 Å². The molecule has 2 amide bonds. The van der Waals surface area contributed by atoms with Crippen molar-refractivity contribution in [2.24, 2.45) is 4.99 Å². The average Bonchev–Trinajstić information content (AvgIpc) is 2.87. The molecular formula is C26H22ClN3O4S. The molecule has 4 rings (SSSR count). The Morgan fingerprint density at radius 1 is 1.06 bits per heavy atom. The van der Waals surface area contributed by atoms with Crippen LogP contribution < -0.4 is 5.32 Å². The Hall–Kier alpha value is -3.62. The largest absolute Gasteiger partial charge is 0.465 e. The lowest BCUT2D eigenvalue weighted by Gasteiger charge is -2.32. The summed E-state index contributed by atoms with van der Waals surface area (Å²) in [5.41, 5.74) is 2.48. The molecule has 0 spiro atoms. The summed E-state index contributed by atoms with van der Waals surface area (Å²) in [5, 5.41) is 3.22. The van der Waals surface area contributed by atoms with Crippen molar-refractivity contribution in [3.63, 3.8) is 0 Å². The number of halogens is 1. The van der Waals surface area contributed by atoms with Gasteiger partial charge in [-0.3, -0.25) is 14.5 Å². The third kappa shape index (κ3) is 6.29. The van der Waals surface area contributed by atoms with Crippen LogP contribution in [0.15, 0.2) is 83.9 Å². The van der Waals surface area contributed by atoms with E-state index in [4.69, 9.17) is 16.3 Å². The second-order valence-electron chi connectivity index (χ2n) is 7.71. The molecule has 1 heterocycles. The summed E-state index contributed by atoms with van der Waals surface area (Å²) in [7, 11) is 1.31. The molecule has 1 aliphatic heterocycles. The van der Waals surface area contributed by atoms with E-state index in [0.29, 0.717) is 33.7 Å². The first-order valence-corrected chi connectivity index (χ1v) is 12.0. The summed E-state index contributed by atoms with van der Waals surface area (Å²) in [6.45, 7) is 0.317. The molecule has 0 radical (unpaired) electrons. The van der Waals surface area contributed by atoms with E-state index < -0.39 is 11.2 Å². The number of methoxy groups -OCH3 is 1. The highest BCUT2D eigenvalue weighted by Gasteiger charge is 2.36. The Morgan fingerprint density at radius 3 is 2.40 bits per heavy atom. The van der Waals surface area contributed by atoms with Crippen LogP contribution in [-0.2, 0) is 20.9 Å². The number of thioether (sulfide) groups is 1. The fourth-order valence-corrected chi connectivity index (χ4v) is 4.64. The van der Waals surface area contributed by atoms with Gasteiger partial charge in [0.25, 0.3) is 0 Å². The lowest BCUT2D eigenvalue weighted by molar-refractivity contribution is -0.129. The van der Waals surface area contributed by atoms with Crippen LogP contribution in [0.2, 0.25) is 5.02 Å². The monoisotopic (exact) mass is 507 g/mol. The van der Waals surface area contributed by atoms with Gasteiger partial charge in [0, 0.05) is 17.1 Å². The van der Waals surface area contributed by atoms with Gasteiger partial charge in [0.1, 0.15) is 5.25 Å². The van der Waals surface area contributed by atoms with Gasteiger partial charge in [-0.1, -0.05) is 53.7 Å². The van der Waals surface area contributed by atoms with E-state index in [1.54, 1.807) is 41.3 Å². The van der Waals surface area contributed by atoms with E-state index in [1.165, 1.54) is 18.9 Å². The Labute approximate surface area is 212 Å². The lowest BCUT2D eigenvalue weighted by atomic mass is 10.2. The van der Waals surface area contributed by atoms with Crippen molar-refractivity contribution in [1.29, 1.82) is 0 Å². The number of nitrogens with zero attached hydrogens (tertiary/aromatic N) is 2. The number of amides is 2. The highest BCUT2D eigenvalue weighted by Crippen LogP contribution is 2.31. The van der Waals surface area contributed by atoms with Crippen LogP contribution in [0.25, 0.3) is 0 Å². The van der Waals surface area contributed by atoms with Crippen molar-refractivity contribution in [2.45, 2.75) is 18.2 Å². The maximum Gasteiger partial charge on any atom is 0.337 e. The predicted octanol–water partition coefficient (Wildman–Crippen LogP) is 5.29. The van der Waals surface area contributed by atoms with E-state index in [-0.39, 0.29) is 18.2 Å². The topological polar surface area (TPSA) is 88.1 Å². The predicted molar refractivity (Wildman–Crippen MR) is 138 cm³/mol. The van der Waals surface area contributed by atoms with Gasteiger partial charge in [0.05, 0.1) is 24.9 Å². The second-order valence-corrected chi connectivity index (χ2v) is 9.31. The second kappa shape index (κ2) is 11.2. The van der Waals surface area contributed by atoms with Crippen molar-refractivity contribution in [2.75, 3.05) is 12.4 Å². The molecule has 0 bridgehead atoms. The van der Waals surface area contributed by atoms with Crippen molar-refractivity contribution in [3.8, 4) is 0 Å². The lowest BCUT2D eigenvalue weighted by Crippen LogP contribution is -2.44. The molecular weight excluding hydrogens is 486 g/mol. The van der Waals surface area contributed by atoms with Crippen LogP contribution in [-0.4, -0.2) is 40.2 Å². The molecule has 1 N–H and O–H groups in total. The van der Waals surface area contributed by atoms with Crippen LogP contribution in [0, 0.1) is 0 Å². The molecule has 1 aliphatic rings. The van der Waals surface area contributed by atoms with E-state index in [9.17, 15) is 14.4 Å². The molecule has 0 saturated carbocycles. The molecule has 0 unspecified atom stereocenters. The van der Waals surface area contributed by atoms with Gasteiger partial charge in [-0.15, -0.1) is 0 Å². The van der Waals surface area contributed by atoms with E-state index in [2.05, 4.69) is 10.3 Å². The number of aliphatic imine (C=N–C) groups is 1. The first-order valence-electron chi connectivity index (χ1n) is 10.8. The third-order valence-corrected chi connectivity index (χ3v) is 6.68. The minimum absolute atomic E-state index is 0.0259. The van der Waals surface area contributed by atoms with Gasteiger partial charge in [-0.25, -0.2) is 9.79 Å². The zero-order valence-corrected chi connectivity index (χ0v) is 20.4. The number of ether oxygens (including phenoxy) is 1. The minimum Gasteiger partial charge on any atom is -0.465 e. The number of carbonyl (C=O) groups is 3. The van der Waals surface area contributed by atoms with Crippen molar-refractivity contribution in [1.82, 2.24) is 4.90 Å². The Bertz CT molecular complexity index is 1250. The molecule has 9 heteroatoms. The number of amidine groups is 1. The summed E-state index contributed by atoms with van der Waals surface area (Å²) in [4.78, 5) is 44.1. The normalized spacial score (nSPS) is 16.7. The molecule has 35 heavy (non-hydrogen) atoms. The summed E-state index contributed by atoms with van der Waals surface area (Å²) in [6.07, 6.45) is 0.0259. The van der Waals surface area contributed by atoms with Gasteiger partial charge in [0.2, 0.25) is 11.8 Å². The molecule has 3 aromatic rings. The van der Waals surface area contributed by atoms with Crippen molar-refractivity contribution in [3.05, 3.63) is 95.0 Å². The molecule has 3 aromatic carbocycles. The first kappa shape index (κ1) is 24.5. The molecule has 0 aromatic heterocycles. The highest BCUT2D eigenvalue weighted by molar-refractivity contribution is 8.15. The highest BCUT2D eigenvalue weighted by atomic mass is 35.5. The van der Waals surface area contributed by atoms with Crippen molar-refractivity contribution >= 4 is 57.7 Å². The summed E-state index contributed by atoms with van der Waals surface area (Å²) >= 11 is 7.24. The number of rotatable bonds is 6. The Morgan fingerprint density at radius 2 is 1.74 bits per heavy atom. The maximum atomic E-state index is 13.2. The molecule has 1 atom stereocenters. The standard InChI is InChI=1S/C26H22ClN3O4S/c1-34-25(33)18-9-13-21(14-10-18)28-24(32)22-15-23(31)30(16-17-7-11-19(27)12-8-17)26(35-22)29-20-5-3-2-4-6-20/h2-14,22H,15-16H2,1H3,(H,28,32)/t22-/m0/s1. The number of nitrogens with one attached hydrogen (secondary N) is 1. The summed E-state index contributed by atoms with van der Waals surface area (Å²) in [5.74, 6) is -0.977. The molecule has 7 nitrogen and oxygen atoms in total. The number of benzene rings is 3. The average molecular weight is 508 g/mol. The SMILES string of the molecule is COC(=O)c1ccc(NC(=O)[C@@H]2CC(=O)N(Cc3ccc(Cl)cc3)C(=Nc3ccccc3)S2)cc1. The molecule has 0 aliphatic carbocycles. The zero-order valence-electron chi connectivity index (χ0n) is 18.8. The molecule has 178 valence electrons. The maximum absolute atomic E-state index is 13.2. The van der Waals surface area contributed by atoms with Gasteiger partial charge in [-0.2, -0.15) is 0 Å². The smallest absolute Gasteiger partial charge is 0.337 e. The van der Waals surface area contributed by atoms with Crippen LogP contribution in [0.3, 0.4) is 0 Å². The number of hydrogen-bond donors (Lipinski definition) is 1. The third-order valence-electron chi connectivity index (χ3n) is 5.24. The van der Waals surface area contributed by atoms with Gasteiger partial charge >= 0.3 is 5.97 Å². The fraction of sp³-hybridized carbons (Fsp3) is 0.154. The zero-order chi connectivity index (χ0) is 24.8. The van der Waals surface area contributed by atoms with Gasteiger partial charge < -0.3 is 10.1 Å². The van der Waals surface area contributed by atoms with Gasteiger partial charge in [-0.05, 0) is 54.1 Å². The van der Waals surface area contributed by atoms with Crippen molar-refractivity contribution < 1.29 is 19.1 Å². The van der Waals surface area contributed by atoms with E-state index >= 15 is 0 Å². The summed E-state index contributed by atoms with van der Waals surface area (Å²) < 4.78 is 4.69. The number of esters is 1. The number of anilines is 1. The number of para-hydroxylation sites is 1. The van der Waals surface area contributed by atoms with Crippen LogP contribution in [0.4, 0.5) is 11.4 Å². The first-order chi connectivity index (χ1) is 16.9. The summed E-state index contributed by atoms with van der Waals surface area (Å²) in [6, 6.07) is 22.9. The minimum atomic E-state index is -0.660. The molecule has 1 saturated heterocycles. The van der Waals surface area contributed by atoms with Crippen LogP contribution in [0.1, 0.15) is 22.3 Å². The van der Waals surface area contributed by atoms with Crippen LogP contribution >= 0.6 is 23.4 Å².